The van der Waals surface area contributed by atoms with Crippen molar-refractivity contribution in [1.29, 1.82) is 0 Å². The molecule has 1 fully saturated rings. The molecule has 1 aromatic heterocycles. The molecule has 0 amide bonds. The minimum Gasteiger partial charge on any atom is -0.326 e. The smallest absolute Gasteiger partial charge is 0.0795 e. The van der Waals surface area contributed by atoms with Gasteiger partial charge in [0, 0.05) is 18.0 Å². The van der Waals surface area contributed by atoms with Gasteiger partial charge in [-0.1, -0.05) is 0 Å². The van der Waals surface area contributed by atoms with Gasteiger partial charge in [0.15, 0.2) is 0 Å². The molecule has 1 aromatic rings. The van der Waals surface area contributed by atoms with Crippen molar-refractivity contribution < 1.29 is 0 Å². The summed E-state index contributed by atoms with van der Waals surface area (Å²) >= 11 is 1.64. The molecule has 1 saturated heterocycles. The summed E-state index contributed by atoms with van der Waals surface area (Å²) in [5.74, 6) is 0. The van der Waals surface area contributed by atoms with E-state index in [9.17, 15) is 0 Å². The van der Waals surface area contributed by atoms with Crippen molar-refractivity contribution in [1.82, 2.24) is 9.88 Å². The van der Waals surface area contributed by atoms with Crippen molar-refractivity contribution in [3.8, 4) is 0 Å². The van der Waals surface area contributed by atoms with Crippen molar-refractivity contribution in [2.45, 2.75) is 24.9 Å². The standard InChI is InChI=1S/C9H15N3S/c1-9(8-5-13-6-11-8)7(10)3-4-12(9)2/h5-7H,3-4,10H2,1-2H3. The number of nitrogens with two attached hydrogens (primary N) is 1. The topological polar surface area (TPSA) is 42.1 Å². The molecule has 0 aromatic carbocycles. The summed E-state index contributed by atoms with van der Waals surface area (Å²) in [5, 5.41) is 2.10. The number of hydrogen-bond donors (Lipinski definition) is 1. The molecule has 1 aliphatic heterocycles. The quantitative estimate of drug-likeness (QED) is 0.731. The number of hydrogen-bond acceptors (Lipinski definition) is 4. The van der Waals surface area contributed by atoms with Crippen molar-refractivity contribution in [3.05, 3.63) is 16.6 Å². The number of nitrogens with zero attached hydrogens (tertiary/aromatic N) is 2. The van der Waals surface area contributed by atoms with Gasteiger partial charge in [-0.2, -0.15) is 0 Å². The average Bonchev–Trinajstić information content (AvgIpc) is 2.70. The Morgan fingerprint density at radius 3 is 3.00 bits per heavy atom. The largest absolute Gasteiger partial charge is 0.326 e. The molecule has 3 nitrogen and oxygen atoms in total. The summed E-state index contributed by atoms with van der Waals surface area (Å²) in [6, 6.07) is 0.208. The fourth-order valence-electron chi connectivity index (χ4n) is 1.98. The fraction of sp³-hybridized carbons (Fsp3) is 0.667. The maximum Gasteiger partial charge on any atom is 0.0795 e. The van der Waals surface area contributed by atoms with Crippen LogP contribution in [0.3, 0.4) is 0 Å². The molecule has 2 unspecified atom stereocenters. The van der Waals surface area contributed by atoms with Crippen LogP contribution in [0.4, 0.5) is 0 Å². The van der Waals surface area contributed by atoms with Crippen molar-refractivity contribution in [2.75, 3.05) is 13.6 Å². The van der Waals surface area contributed by atoms with E-state index in [4.69, 9.17) is 5.73 Å². The Morgan fingerprint density at radius 1 is 1.77 bits per heavy atom. The van der Waals surface area contributed by atoms with Crippen LogP contribution in [0.25, 0.3) is 0 Å². The SMILES string of the molecule is CN1CCC(N)C1(C)c1cscn1. The van der Waals surface area contributed by atoms with Gasteiger partial charge in [-0.05, 0) is 20.4 Å². The minimum absolute atomic E-state index is 0.0556. The molecule has 0 spiro atoms. The van der Waals surface area contributed by atoms with Gasteiger partial charge in [0.1, 0.15) is 0 Å². The van der Waals surface area contributed by atoms with E-state index in [2.05, 4.69) is 29.2 Å². The predicted molar refractivity (Wildman–Crippen MR) is 54.7 cm³/mol. The van der Waals surface area contributed by atoms with Gasteiger partial charge in [-0.15, -0.1) is 11.3 Å². The molecule has 4 heteroatoms. The lowest BCUT2D eigenvalue weighted by atomic mass is 9.91. The van der Waals surface area contributed by atoms with E-state index in [0.29, 0.717) is 0 Å². The maximum atomic E-state index is 6.12. The molecule has 13 heavy (non-hydrogen) atoms. The van der Waals surface area contributed by atoms with Gasteiger partial charge in [-0.3, -0.25) is 4.90 Å². The molecule has 2 heterocycles. The molecule has 0 saturated carbocycles. The van der Waals surface area contributed by atoms with Crippen molar-refractivity contribution >= 4 is 11.3 Å². The Balaban J connectivity index is 2.38. The van der Waals surface area contributed by atoms with Crippen LogP contribution in [0.1, 0.15) is 19.0 Å². The zero-order chi connectivity index (χ0) is 9.47. The van der Waals surface area contributed by atoms with Crippen LogP contribution in [0.15, 0.2) is 10.9 Å². The third-order valence-electron chi connectivity index (χ3n) is 3.24. The minimum atomic E-state index is -0.0556. The van der Waals surface area contributed by atoms with Gasteiger partial charge in [0.05, 0.1) is 16.7 Å². The molecule has 72 valence electrons. The Morgan fingerprint density at radius 2 is 2.54 bits per heavy atom. The van der Waals surface area contributed by atoms with Crippen LogP contribution in [-0.2, 0) is 5.54 Å². The van der Waals surface area contributed by atoms with E-state index >= 15 is 0 Å². The normalized spacial score (nSPS) is 35.5. The Bertz CT molecular complexity index is 273. The third-order valence-corrected chi connectivity index (χ3v) is 3.83. The molecule has 0 aliphatic carbocycles. The first-order valence-electron chi connectivity index (χ1n) is 4.51. The van der Waals surface area contributed by atoms with Gasteiger partial charge < -0.3 is 5.73 Å². The molecule has 0 bridgehead atoms. The average molecular weight is 197 g/mol. The van der Waals surface area contributed by atoms with Crippen molar-refractivity contribution in [2.24, 2.45) is 5.73 Å². The number of thiazole rings is 1. The first-order valence-corrected chi connectivity index (χ1v) is 5.45. The van der Waals surface area contributed by atoms with Crippen LogP contribution in [0.2, 0.25) is 0 Å². The fourth-order valence-corrected chi connectivity index (χ4v) is 2.64. The number of likely N-dealkylation sites (N-methyl/N-ethyl adjacent to an activating group) is 1. The summed E-state index contributed by atoms with van der Waals surface area (Å²) in [6.45, 7) is 3.24. The second-order valence-electron chi connectivity index (χ2n) is 3.84. The summed E-state index contributed by atoms with van der Waals surface area (Å²) in [7, 11) is 2.12. The molecule has 2 N–H and O–H groups in total. The summed E-state index contributed by atoms with van der Waals surface area (Å²) < 4.78 is 0. The second kappa shape index (κ2) is 3.04. The zero-order valence-corrected chi connectivity index (χ0v) is 8.84. The maximum absolute atomic E-state index is 6.12. The van der Waals surface area contributed by atoms with Crippen LogP contribution in [0.5, 0.6) is 0 Å². The lowest BCUT2D eigenvalue weighted by Crippen LogP contribution is -2.47. The van der Waals surface area contributed by atoms with Gasteiger partial charge in [0.25, 0.3) is 0 Å². The number of rotatable bonds is 1. The third kappa shape index (κ3) is 1.21. The highest BCUT2D eigenvalue weighted by molar-refractivity contribution is 7.07. The lowest BCUT2D eigenvalue weighted by molar-refractivity contribution is 0.176. The number of aromatic nitrogens is 1. The van der Waals surface area contributed by atoms with Crippen LogP contribution in [-0.4, -0.2) is 29.5 Å². The summed E-state index contributed by atoms with van der Waals surface area (Å²) in [4.78, 5) is 6.67. The van der Waals surface area contributed by atoms with Crippen LogP contribution in [0, 0.1) is 0 Å². The Labute approximate surface area is 82.6 Å². The van der Waals surface area contributed by atoms with E-state index < -0.39 is 0 Å². The van der Waals surface area contributed by atoms with Crippen LogP contribution >= 0.6 is 11.3 Å². The molecule has 2 atom stereocenters. The van der Waals surface area contributed by atoms with E-state index in [1.54, 1.807) is 11.3 Å². The highest BCUT2D eigenvalue weighted by atomic mass is 32.1. The Hall–Kier alpha value is -0.450. The van der Waals surface area contributed by atoms with E-state index in [-0.39, 0.29) is 11.6 Å². The van der Waals surface area contributed by atoms with E-state index in [1.807, 2.05) is 5.51 Å². The highest BCUT2D eigenvalue weighted by Gasteiger charge is 2.43. The highest BCUT2D eigenvalue weighted by Crippen LogP contribution is 2.35. The predicted octanol–water partition coefficient (Wildman–Crippen LogP) is 1.02. The van der Waals surface area contributed by atoms with Gasteiger partial charge in [0.2, 0.25) is 0 Å². The molecular formula is C9H15N3S. The lowest BCUT2D eigenvalue weighted by Gasteiger charge is -2.34. The summed E-state index contributed by atoms with van der Waals surface area (Å²) in [5.41, 5.74) is 9.05. The monoisotopic (exact) mass is 197 g/mol. The molecule has 2 rings (SSSR count). The van der Waals surface area contributed by atoms with E-state index in [1.165, 1.54) is 0 Å². The molecular weight excluding hydrogens is 182 g/mol. The first-order chi connectivity index (χ1) is 6.15. The summed E-state index contributed by atoms with van der Waals surface area (Å²) in [6.07, 6.45) is 1.06. The molecule has 0 radical (unpaired) electrons. The van der Waals surface area contributed by atoms with Crippen LogP contribution < -0.4 is 5.73 Å². The van der Waals surface area contributed by atoms with E-state index in [0.717, 1.165) is 18.7 Å². The van der Waals surface area contributed by atoms with Gasteiger partial charge in [-0.25, -0.2) is 4.98 Å². The second-order valence-corrected chi connectivity index (χ2v) is 4.56. The first kappa shape index (κ1) is 9.12. The van der Waals surface area contributed by atoms with Gasteiger partial charge >= 0.3 is 0 Å². The molecule has 1 aliphatic rings. The Kier molecular flexibility index (Phi) is 2.14. The number of likely N-dealkylation sites (tertiary alicyclic amines) is 1. The van der Waals surface area contributed by atoms with Crippen molar-refractivity contribution in [3.63, 3.8) is 0 Å². The zero-order valence-electron chi connectivity index (χ0n) is 8.03.